The Hall–Kier alpha value is -1.67. The van der Waals surface area contributed by atoms with Gasteiger partial charge < -0.3 is 19.5 Å². The standard InChI is InChI=1S/C23H30N2O3S2/c1-4-5-9-18-14-25(17-10-7-6-8-11-17)20-12-23(29-3)21(28-16-19(27)15-26)13-22(20)30-24(18)2/h6-8,10-13,15,18-19,27H,4-5,9,14,16H2,1-3H3. The van der Waals surface area contributed by atoms with E-state index in [9.17, 15) is 9.90 Å². The number of unbranched alkanes of at least 4 members (excludes halogenated alkanes) is 1. The molecular formula is C23H30N2O3S2. The zero-order valence-electron chi connectivity index (χ0n) is 17.8. The summed E-state index contributed by atoms with van der Waals surface area (Å²) in [5.41, 5.74) is 2.33. The first-order valence-corrected chi connectivity index (χ1v) is 12.3. The Kier molecular flexibility index (Phi) is 8.50. The van der Waals surface area contributed by atoms with Gasteiger partial charge in [-0.15, -0.1) is 11.8 Å². The maximum atomic E-state index is 10.8. The van der Waals surface area contributed by atoms with Gasteiger partial charge in [-0.1, -0.05) is 38.0 Å². The van der Waals surface area contributed by atoms with Crippen LogP contribution in [0.15, 0.2) is 52.3 Å². The molecule has 30 heavy (non-hydrogen) atoms. The van der Waals surface area contributed by atoms with Crippen molar-refractivity contribution in [3.63, 3.8) is 0 Å². The number of fused-ring (bicyclic) bond motifs is 1. The summed E-state index contributed by atoms with van der Waals surface area (Å²) in [6.07, 6.45) is 4.91. The number of ether oxygens (including phenoxy) is 1. The van der Waals surface area contributed by atoms with E-state index in [1.807, 2.05) is 18.4 Å². The molecule has 1 heterocycles. The average Bonchev–Trinajstić information content (AvgIpc) is 2.91. The monoisotopic (exact) mass is 446 g/mol. The van der Waals surface area contributed by atoms with E-state index in [-0.39, 0.29) is 6.61 Å². The molecule has 0 saturated carbocycles. The molecule has 0 spiro atoms. The molecule has 0 amide bonds. The van der Waals surface area contributed by atoms with Gasteiger partial charge in [0.05, 0.1) is 15.5 Å². The summed E-state index contributed by atoms with van der Waals surface area (Å²) in [5.74, 6) is 0.697. The Morgan fingerprint density at radius 2 is 2.10 bits per heavy atom. The van der Waals surface area contributed by atoms with Gasteiger partial charge in [0.25, 0.3) is 0 Å². The lowest BCUT2D eigenvalue weighted by Crippen LogP contribution is -2.35. The quantitative estimate of drug-likeness (QED) is 0.331. The van der Waals surface area contributed by atoms with E-state index in [0.717, 1.165) is 28.4 Å². The second kappa shape index (κ2) is 11.1. The van der Waals surface area contributed by atoms with Crippen molar-refractivity contribution in [2.24, 2.45) is 0 Å². The zero-order valence-corrected chi connectivity index (χ0v) is 19.4. The second-order valence-corrected chi connectivity index (χ2v) is 9.41. The fraction of sp³-hybridized carbons (Fsp3) is 0.435. The number of thioether (sulfide) groups is 1. The van der Waals surface area contributed by atoms with Crippen LogP contribution < -0.4 is 9.64 Å². The smallest absolute Gasteiger partial charge is 0.151 e. The molecule has 3 rings (SSSR count). The number of hydrogen-bond acceptors (Lipinski definition) is 7. The summed E-state index contributed by atoms with van der Waals surface area (Å²) in [4.78, 5) is 15.3. The van der Waals surface area contributed by atoms with Crippen molar-refractivity contribution in [1.29, 1.82) is 0 Å². The summed E-state index contributed by atoms with van der Waals surface area (Å²) in [6, 6.07) is 15.1. The van der Waals surface area contributed by atoms with Crippen LogP contribution in [-0.4, -0.2) is 54.3 Å². The third kappa shape index (κ3) is 5.52. The molecule has 2 aromatic rings. The molecule has 1 N–H and O–H groups in total. The third-order valence-corrected chi connectivity index (χ3v) is 7.08. The lowest BCUT2D eigenvalue weighted by Gasteiger charge is -2.30. The Bertz CT molecular complexity index is 835. The molecule has 1 aliphatic heterocycles. The van der Waals surface area contributed by atoms with Crippen molar-refractivity contribution >= 4 is 41.4 Å². The largest absolute Gasteiger partial charge is 0.489 e. The number of nitrogens with zero attached hydrogens (tertiary/aromatic N) is 2. The molecule has 0 saturated heterocycles. The summed E-state index contributed by atoms with van der Waals surface area (Å²) in [6.45, 7) is 3.10. The normalized spacial score (nSPS) is 17.9. The molecule has 1 aliphatic rings. The first kappa shape index (κ1) is 23.0. The molecule has 0 bridgehead atoms. The molecular weight excluding hydrogens is 416 g/mol. The van der Waals surface area contributed by atoms with E-state index < -0.39 is 6.10 Å². The van der Waals surface area contributed by atoms with E-state index in [1.165, 1.54) is 18.5 Å². The van der Waals surface area contributed by atoms with Crippen LogP contribution in [0.2, 0.25) is 0 Å². The van der Waals surface area contributed by atoms with Crippen LogP contribution in [0.4, 0.5) is 11.4 Å². The summed E-state index contributed by atoms with van der Waals surface area (Å²) < 4.78 is 8.15. The van der Waals surface area contributed by atoms with Gasteiger partial charge in [-0.3, -0.25) is 0 Å². The number of rotatable bonds is 9. The predicted octanol–water partition coefficient (Wildman–Crippen LogP) is 5.00. The maximum absolute atomic E-state index is 10.8. The van der Waals surface area contributed by atoms with Gasteiger partial charge in [-0.25, -0.2) is 4.31 Å². The van der Waals surface area contributed by atoms with Gasteiger partial charge in [0.2, 0.25) is 0 Å². The minimum Gasteiger partial charge on any atom is -0.489 e. The fourth-order valence-electron chi connectivity index (χ4n) is 3.52. The van der Waals surface area contributed by atoms with E-state index in [2.05, 4.69) is 53.5 Å². The highest BCUT2D eigenvalue weighted by Gasteiger charge is 2.28. The zero-order chi connectivity index (χ0) is 21.5. The Morgan fingerprint density at radius 1 is 1.33 bits per heavy atom. The summed E-state index contributed by atoms with van der Waals surface area (Å²) >= 11 is 3.34. The topological polar surface area (TPSA) is 53.0 Å². The number of benzene rings is 2. The molecule has 2 aromatic carbocycles. The van der Waals surface area contributed by atoms with Crippen molar-refractivity contribution in [2.75, 3.05) is 31.4 Å². The molecule has 162 valence electrons. The van der Waals surface area contributed by atoms with Crippen LogP contribution in [0.1, 0.15) is 26.2 Å². The SMILES string of the molecule is CCCCC1CN(c2ccccc2)c2cc(SC)c(OCC(O)C=O)cc2SN1C. The number of carbonyl (C=O) groups excluding carboxylic acids is 1. The molecule has 0 radical (unpaired) electrons. The first-order valence-electron chi connectivity index (χ1n) is 10.3. The Morgan fingerprint density at radius 3 is 2.77 bits per heavy atom. The minimum absolute atomic E-state index is 0.0438. The van der Waals surface area contributed by atoms with Crippen molar-refractivity contribution in [3.05, 3.63) is 42.5 Å². The number of likely N-dealkylation sites (N-methyl/N-ethyl adjacent to an activating group) is 1. The molecule has 0 aromatic heterocycles. The van der Waals surface area contributed by atoms with Gasteiger partial charge in [0.15, 0.2) is 6.29 Å². The number of aliphatic hydroxyl groups is 1. The van der Waals surface area contributed by atoms with Crippen LogP contribution in [0, 0.1) is 0 Å². The number of aldehydes is 1. The Labute approximate surface area is 187 Å². The molecule has 5 nitrogen and oxygen atoms in total. The van der Waals surface area contributed by atoms with Gasteiger partial charge >= 0.3 is 0 Å². The van der Waals surface area contributed by atoms with Crippen LogP contribution in [0.5, 0.6) is 5.75 Å². The predicted molar refractivity (Wildman–Crippen MR) is 126 cm³/mol. The van der Waals surface area contributed by atoms with Gasteiger partial charge in [-0.05, 0) is 55.9 Å². The molecule has 2 atom stereocenters. The minimum atomic E-state index is -1.12. The van der Waals surface area contributed by atoms with Gasteiger partial charge in [0.1, 0.15) is 18.5 Å². The van der Waals surface area contributed by atoms with E-state index in [1.54, 1.807) is 23.7 Å². The molecule has 7 heteroatoms. The number of hydrogen-bond donors (Lipinski definition) is 1. The van der Waals surface area contributed by atoms with Crippen molar-refractivity contribution in [2.45, 2.75) is 48.1 Å². The third-order valence-electron chi connectivity index (χ3n) is 5.21. The summed E-state index contributed by atoms with van der Waals surface area (Å²) in [7, 11) is 2.16. The van der Waals surface area contributed by atoms with Crippen LogP contribution in [-0.2, 0) is 4.79 Å². The van der Waals surface area contributed by atoms with Crippen LogP contribution in [0.25, 0.3) is 0 Å². The fourth-order valence-corrected chi connectivity index (χ4v) is 5.12. The van der Waals surface area contributed by atoms with Crippen LogP contribution in [0.3, 0.4) is 0 Å². The number of aliphatic hydroxyl groups excluding tert-OH is 1. The lowest BCUT2D eigenvalue weighted by atomic mass is 10.1. The lowest BCUT2D eigenvalue weighted by molar-refractivity contribution is -0.116. The van der Waals surface area contributed by atoms with E-state index in [0.29, 0.717) is 18.1 Å². The Balaban J connectivity index is 2.02. The van der Waals surface area contributed by atoms with Crippen LogP contribution >= 0.6 is 23.7 Å². The van der Waals surface area contributed by atoms with E-state index >= 15 is 0 Å². The molecule has 0 fully saturated rings. The molecule has 2 unspecified atom stereocenters. The number of carbonyl (C=O) groups is 1. The van der Waals surface area contributed by atoms with Gasteiger partial charge in [-0.2, -0.15) is 0 Å². The van der Waals surface area contributed by atoms with Crippen molar-refractivity contribution in [3.8, 4) is 5.75 Å². The van der Waals surface area contributed by atoms with Crippen molar-refractivity contribution in [1.82, 2.24) is 4.31 Å². The second-order valence-electron chi connectivity index (χ2n) is 7.36. The highest BCUT2D eigenvalue weighted by molar-refractivity contribution is 7.98. The molecule has 0 aliphatic carbocycles. The first-order chi connectivity index (χ1) is 14.6. The number of para-hydroxylation sites is 1. The number of anilines is 2. The summed E-state index contributed by atoms with van der Waals surface area (Å²) in [5, 5.41) is 9.59. The highest BCUT2D eigenvalue weighted by Crippen LogP contribution is 2.45. The maximum Gasteiger partial charge on any atom is 0.151 e. The van der Waals surface area contributed by atoms with E-state index in [4.69, 9.17) is 4.74 Å². The highest BCUT2D eigenvalue weighted by atomic mass is 32.2. The van der Waals surface area contributed by atoms with Crippen molar-refractivity contribution < 1.29 is 14.6 Å². The average molecular weight is 447 g/mol. The van der Waals surface area contributed by atoms with Gasteiger partial charge in [0, 0.05) is 18.3 Å².